The number of carbonyl (C=O) groups excluding carboxylic acids is 1. The number of alkyl halides is 4. The molecule has 0 aliphatic carbocycles. The van der Waals surface area contributed by atoms with Gasteiger partial charge < -0.3 is 4.90 Å². The van der Waals surface area contributed by atoms with Crippen molar-refractivity contribution in [2.24, 2.45) is 0 Å². The molecule has 0 N–H and O–H groups in total. The third-order valence-corrected chi connectivity index (χ3v) is 4.26. The number of likely N-dealkylation sites (tertiary alicyclic amines) is 1. The van der Waals surface area contributed by atoms with Gasteiger partial charge in [-0.15, -0.1) is 0 Å². The molecule has 0 unspecified atom stereocenters. The summed E-state index contributed by atoms with van der Waals surface area (Å²) in [4.78, 5) is 12.1. The van der Waals surface area contributed by atoms with E-state index in [1.807, 2.05) is 12.1 Å². The van der Waals surface area contributed by atoms with Gasteiger partial charge >= 0.3 is 12.1 Å². The van der Waals surface area contributed by atoms with Gasteiger partial charge in [0, 0.05) is 18.4 Å². The fourth-order valence-corrected chi connectivity index (χ4v) is 3.12. The number of aryl methyl sites for hydroxylation is 1. The standard InChI is InChI=1S/C15H17BrF3NO/c16-8-5-11-1-3-12(4-2-11)13-6-9-20(10-7-13)14(21)15(17,18)19/h1-4,13H,5-10H2. The lowest BCUT2D eigenvalue weighted by Gasteiger charge is -2.32. The lowest BCUT2D eigenvalue weighted by atomic mass is 9.89. The highest BCUT2D eigenvalue weighted by Gasteiger charge is 2.43. The number of carbonyl (C=O) groups is 1. The zero-order chi connectivity index (χ0) is 15.5. The minimum atomic E-state index is -4.76. The molecule has 6 heteroatoms. The third-order valence-electron chi connectivity index (χ3n) is 3.86. The van der Waals surface area contributed by atoms with E-state index < -0.39 is 12.1 Å². The van der Waals surface area contributed by atoms with Crippen LogP contribution >= 0.6 is 15.9 Å². The molecule has 21 heavy (non-hydrogen) atoms. The van der Waals surface area contributed by atoms with E-state index in [1.54, 1.807) is 0 Å². The van der Waals surface area contributed by atoms with Gasteiger partial charge in [0.05, 0.1) is 0 Å². The van der Waals surface area contributed by atoms with Crippen LogP contribution in [0.2, 0.25) is 0 Å². The monoisotopic (exact) mass is 363 g/mol. The molecule has 0 saturated carbocycles. The first-order valence-electron chi connectivity index (χ1n) is 6.92. The lowest BCUT2D eigenvalue weighted by molar-refractivity contribution is -0.186. The number of hydrogen-bond donors (Lipinski definition) is 0. The molecule has 0 spiro atoms. The van der Waals surface area contributed by atoms with Crippen LogP contribution in [0.5, 0.6) is 0 Å². The molecule has 116 valence electrons. The third kappa shape index (κ3) is 4.22. The Kier molecular flexibility index (Phi) is 5.30. The van der Waals surface area contributed by atoms with E-state index in [1.165, 1.54) is 5.56 Å². The predicted molar refractivity (Wildman–Crippen MR) is 78.6 cm³/mol. The molecular formula is C15H17BrF3NO. The first-order chi connectivity index (χ1) is 9.91. The first kappa shape index (κ1) is 16.3. The second-order valence-electron chi connectivity index (χ2n) is 5.24. The van der Waals surface area contributed by atoms with E-state index in [9.17, 15) is 18.0 Å². The van der Waals surface area contributed by atoms with Crippen molar-refractivity contribution in [1.82, 2.24) is 4.90 Å². The summed E-state index contributed by atoms with van der Waals surface area (Å²) < 4.78 is 37.1. The van der Waals surface area contributed by atoms with Crippen molar-refractivity contribution in [2.75, 3.05) is 18.4 Å². The van der Waals surface area contributed by atoms with E-state index in [4.69, 9.17) is 0 Å². The van der Waals surface area contributed by atoms with Crippen molar-refractivity contribution in [1.29, 1.82) is 0 Å². The maximum atomic E-state index is 12.4. The van der Waals surface area contributed by atoms with Crippen molar-refractivity contribution in [2.45, 2.75) is 31.4 Å². The van der Waals surface area contributed by atoms with E-state index in [0.29, 0.717) is 12.8 Å². The molecule has 1 fully saturated rings. The Labute approximate surface area is 130 Å². The summed E-state index contributed by atoms with van der Waals surface area (Å²) in [6.07, 6.45) is -2.64. The summed E-state index contributed by atoms with van der Waals surface area (Å²) in [5, 5.41) is 0.907. The smallest absolute Gasteiger partial charge is 0.335 e. The highest BCUT2D eigenvalue weighted by molar-refractivity contribution is 9.09. The second kappa shape index (κ2) is 6.81. The predicted octanol–water partition coefficient (Wildman–Crippen LogP) is 3.89. The molecule has 1 saturated heterocycles. The Bertz CT molecular complexity index is 479. The second-order valence-corrected chi connectivity index (χ2v) is 6.04. The van der Waals surface area contributed by atoms with Crippen LogP contribution in [-0.4, -0.2) is 35.4 Å². The highest BCUT2D eigenvalue weighted by Crippen LogP contribution is 2.30. The Morgan fingerprint density at radius 3 is 2.24 bits per heavy atom. The number of nitrogens with zero attached hydrogens (tertiary/aromatic N) is 1. The molecule has 1 aromatic carbocycles. The van der Waals surface area contributed by atoms with Crippen molar-refractivity contribution < 1.29 is 18.0 Å². The van der Waals surface area contributed by atoms with Gasteiger partial charge in [0.2, 0.25) is 0 Å². The first-order valence-corrected chi connectivity index (χ1v) is 8.05. The normalized spacial score (nSPS) is 17.0. The number of piperidine rings is 1. The van der Waals surface area contributed by atoms with E-state index in [2.05, 4.69) is 28.1 Å². The van der Waals surface area contributed by atoms with Gasteiger partial charge in [-0.2, -0.15) is 13.2 Å². The number of hydrogen-bond acceptors (Lipinski definition) is 1. The van der Waals surface area contributed by atoms with Gasteiger partial charge in [0.25, 0.3) is 0 Å². The van der Waals surface area contributed by atoms with Crippen molar-refractivity contribution >= 4 is 21.8 Å². The summed E-state index contributed by atoms with van der Waals surface area (Å²) in [6, 6.07) is 8.21. The van der Waals surface area contributed by atoms with Crippen LogP contribution in [0, 0.1) is 0 Å². The summed E-state index contributed by atoms with van der Waals surface area (Å²) in [6.45, 7) is 0.346. The van der Waals surface area contributed by atoms with Crippen LogP contribution in [-0.2, 0) is 11.2 Å². The fraction of sp³-hybridized carbons (Fsp3) is 0.533. The minimum absolute atomic E-state index is 0.173. The van der Waals surface area contributed by atoms with Crippen LogP contribution in [0.15, 0.2) is 24.3 Å². The van der Waals surface area contributed by atoms with Crippen LogP contribution in [0.4, 0.5) is 13.2 Å². The molecule has 1 aromatic rings. The Morgan fingerprint density at radius 2 is 1.76 bits per heavy atom. The summed E-state index contributed by atoms with van der Waals surface area (Å²) in [5.41, 5.74) is 2.38. The van der Waals surface area contributed by atoms with Gasteiger partial charge in [-0.05, 0) is 36.3 Å². The summed E-state index contributed by atoms with van der Waals surface area (Å²) in [7, 11) is 0. The maximum absolute atomic E-state index is 12.4. The van der Waals surface area contributed by atoms with E-state index in [-0.39, 0.29) is 19.0 Å². The van der Waals surface area contributed by atoms with Gasteiger partial charge in [0.15, 0.2) is 0 Å². The van der Waals surface area contributed by atoms with Gasteiger partial charge in [-0.3, -0.25) is 4.79 Å². The van der Waals surface area contributed by atoms with Crippen LogP contribution in [0.25, 0.3) is 0 Å². The zero-order valence-corrected chi connectivity index (χ0v) is 13.1. The minimum Gasteiger partial charge on any atom is -0.335 e. The number of halogens is 4. The molecule has 1 aliphatic rings. The zero-order valence-electron chi connectivity index (χ0n) is 11.5. The molecule has 2 rings (SSSR count). The molecule has 1 heterocycles. The highest BCUT2D eigenvalue weighted by atomic mass is 79.9. The fourth-order valence-electron chi connectivity index (χ4n) is 2.66. The van der Waals surface area contributed by atoms with Crippen LogP contribution in [0.3, 0.4) is 0 Å². The Balaban J connectivity index is 1.93. The summed E-state index contributed by atoms with van der Waals surface area (Å²) >= 11 is 3.39. The molecule has 0 radical (unpaired) electrons. The molecular weight excluding hydrogens is 347 g/mol. The Hall–Kier alpha value is -1.04. The SMILES string of the molecule is O=C(N1CCC(c2ccc(CCBr)cc2)CC1)C(F)(F)F. The van der Waals surface area contributed by atoms with E-state index in [0.717, 1.165) is 22.2 Å². The maximum Gasteiger partial charge on any atom is 0.471 e. The van der Waals surface area contributed by atoms with Crippen molar-refractivity contribution in [3.63, 3.8) is 0 Å². The molecule has 0 aromatic heterocycles. The number of amides is 1. The number of benzene rings is 1. The van der Waals surface area contributed by atoms with Crippen molar-refractivity contribution in [3.05, 3.63) is 35.4 Å². The van der Waals surface area contributed by atoms with E-state index >= 15 is 0 Å². The van der Waals surface area contributed by atoms with Crippen LogP contribution in [0.1, 0.15) is 29.9 Å². The van der Waals surface area contributed by atoms with Gasteiger partial charge in [0.1, 0.15) is 0 Å². The molecule has 0 atom stereocenters. The quantitative estimate of drug-likeness (QED) is 0.746. The average Bonchev–Trinajstić information content (AvgIpc) is 2.47. The molecule has 1 aliphatic heterocycles. The molecule has 1 amide bonds. The van der Waals surface area contributed by atoms with Crippen molar-refractivity contribution in [3.8, 4) is 0 Å². The largest absolute Gasteiger partial charge is 0.471 e. The van der Waals surface area contributed by atoms with Crippen LogP contribution < -0.4 is 0 Å². The Morgan fingerprint density at radius 1 is 1.19 bits per heavy atom. The summed E-state index contributed by atoms with van der Waals surface area (Å²) in [5.74, 6) is -1.48. The lowest BCUT2D eigenvalue weighted by Crippen LogP contribution is -2.45. The molecule has 2 nitrogen and oxygen atoms in total. The number of rotatable bonds is 3. The average molecular weight is 364 g/mol. The molecule has 0 bridgehead atoms. The topological polar surface area (TPSA) is 20.3 Å². The van der Waals surface area contributed by atoms with Gasteiger partial charge in [-0.25, -0.2) is 0 Å². The van der Waals surface area contributed by atoms with Gasteiger partial charge in [-0.1, -0.05) is 40.2 Å².